The van der Waals surface area contributed by atoms with Crippen LogP contribution in [-0.2, 0) is 14.8 Å². The number of aromatic amines is 1. The largest absolute Gasteiger partial charge is 0.325 e. The molecule has 8 nitrogen and oxygen atoms in total. The summed E-state index contributed by atoms with van der Waals surface area (Å²) in [7, 11) is -3.77. The van der Waals surface area contributed by atoms with Crippen molar-refractivity contribution in [1.82, 2.24) is 9.97 Å². The lowest BCUT2D eigenvalue weighted by Gasteiger charge is -2.11. The number of nitrogens with zero attached hydrogens (tertiary/aromatic N) is 1. The number of anilines is 1. The summed E-state index contributed by atoms with van der Waals surface area (Å²) in [6.45, 7) is 3.36. The Morgan fingerprint density at radius 2 is 1.96 bits per heavy atom. The monoisotopic (exact) mass is 368 g/mol. The summed E-state index contributed by atoms with van der Waals surface area (Å²) < 4.78 is 22.4. The molecule has 0 aliphatic heterocycles. The van der Waals surface area contributed by atoms with Gasteiger partial charge in [-0.05, 0) is 38.1 Å². The van der Waals surface area contributed by atoms with Crippen molar-refractivity contribution in [1.29, 1.82) is 0 Å². The van der Waals surface area contributed by atoms with Crippen molar-refractivity contribution in [2.45, 2.75) is 29.1 Å². The quantitative estimate of drug-likeness (QED) is 0.529. The van der Waals surface area contributed by atoms with Gasteiger partial charge in [-0.25, -0.2) is 18.5 Å². The predicted molar refractivity (Wildman–Crippen MR) is 91.4 cm³/mol. The number of amides is 1. The van der Waals surface area contributed by atoms with Crippen LogP contribution in [0.5, 0.6) is 0 Å². The van der Waals surface area contributed by atoms with Crippen LogP contribution in [-0.4, -0.2) is 29.5 Å². The van der Waals surface area contributed by atoms with Crippen molar-refractivity contribution >= 4 is 33.4 Å². The molecule has 2 rings (SSSR count). The molecule has 1 amide bonds. The van der Waals surface area contributed by atoms with E-state index in [4.69, 9.17) is 5.14 Å². The number of nitrogens with two attached hydrogens (primary N) is 1. The van der Waals surface area contributed by atoms with Gasteiger partial charge in [0.25, 0.3) is 5.56 Å². The van der Waals surface area contributed by atoms with Gasteiger partial charge in [-0.2, -0.15) is 0 Å². The molecule has 0 radical (unpaired) electrons. The molecule has 0 bridgehead atoms. The van der Waals surface area contributed by atoms with Gasteiger partial charge in [-0.3, -0.25) is 9.59 Å². The smallest absolute Gasteiger partial charge is 0.251 e. The topological polar surface area (TPSA) is 135 Å². The van der Waals surface area contributed by atoms with Crippen molar-refractivity contribution in [3.63, 3.8) is 0 Å². The fourth-order valence-electron chi connectivity index (χ4n) is 1.80. The molecule has 0 aliphatic rings. The number of nitrogens with one attached hydrogen (secondary N) is 2. The van der Waals surface area contributed by atoms with E-state index < -0.39 is 15.3 Å². The fraction of sp³-hybridized carbons (Fsp3) is 0.214. The number of thioether (sulfide) groups is 1. The van der Waals surface area contributed by atoms with Crippen LogP contribution in [0.25, 0.3) is 0 Å². The summed E-state index contributed by atoms with van der Waals surface area (Å²) >= 11 is 1.11. The fourth-order valence-corrected chi connectivity index (χ4v) is 3.17. The maximum Gasteiger partial charge on any atom is 0.251 e. The minimum atomic E-state index is -3.77. The van der Waals surface area contributed by atoms with Gasteiger partial charge in [0.15, 0.2) is 5.16 Å². The molecule has 1 aromatic carbocycles. The van der Waals surface area contributed by atoms with Crippen LogP contribution in [0.2, 0.25) is 0 Å². The van der Waals surface area contributed by atoms with Gasteiger partial charge in [-0.1, -0.05) is 11.8 Å². The number of H-pyrrole nitrogens is 1. The number of sulfonamides is 1. The second kappa shape index (κ2) is 7.16. The molecule has 10 heteroatoms. The lowest BCUT2D eigenvalue weighted by atomic mass is 10.3. The lowest BCUT2D eigenvalue weighted by Crippen LogP contribution is -2.23. The molecule has 0 fully saturated rings. The van der Waals surface area contributed by atoms with Crippen LogP contribution in [0.1, 0.15) is 12.6 Å². The van der Waals surface area contributed by atoms with Crippen LogP contribution >= 0.6 is 11.8 Å². The van der Waals surface area contributed by atoms with E-state index in [9.17, 15) is 18.0 Å². The number of primary sulfonamides is 1. The average Bonchev–Trinajstić information content (AvgIpc) is 2.45. The third-order valence-electron chi connectivity index (χ3n) is 2.96. The minimum absolute atomic E-state index is 0.0375. The Morgan fingerprint density at radius 1 is 1.33 bits per heavy atom. The Bertz CT molecular complexity index is 907. The first-order valence-electron chi connectivity index (χ1n) is 6.83. The summed E-state index contributed by atoms with van der Waals surface area (Å²) in [5.74, 6) is -0.312. The zero-order valence-corrected chi connectivity index (χ0v) is 14.6. The van der Waals surface area contributed by atoms with Gasteiger partial charge in [0, 0.05) is 17.4 Å². The first kappa shape index (κ1) is 18.2. The molecule has 0 saturated carbocycles. The number of benzene rings is 1. The number of aryl methyl sites for hydroxylation is 1. The first-order chi connectivity index (χ1) is 11.1. The summed E-state index contributed by atoms with van der Waals surface area (Å²) in [4.78, 5) is 30.2. The molecule has 1 heterocycles. The van der Waals surface area contributed by atoms with Gasteiger partial charge in [0.1, 0.15) is 0 Å². The van der Waals surface area contributed by atoms with Crippen molar-refractivity contribution < 1.29 is 13.2 Å². The first-order valence-corrected chi connectivity index (χ1v) is 9.26. The highest BCUT2D eigenvalue weighted by Gasteiger charge is 2.16. The van der Waals surface area contributed by atoms with E-state index in [1.165, 1.54) is 30.3 Å². The van der Waals surface area contributed by atoms with Gasteiger partial charge in [-0.15, -0.1) is 0 Å². The molecule has 0 saturated heterocycles. The summed E-state index contributed by atoms with van der Waals surface area (Å²) in [6, 6.07) is 6.87. The Labute approximate surface area is 142 Å². The number of aromatic nitrogens is 2. The molecule has 128 valence electrons. The molecule has 0 spiro atoms. The molecule has 24 heavy (non-hydrogen) atoms. The van der Waals surface area contributed by atoms with E-state index in [2.05, 4.69) is 15.3 Å². The van der Waals surface area contributed by atoms with Gasteiger partial charge in [0.05, 0.1) is 10.1 Å². The molecule has 2 aromatic rings. The van der Waals surface area contributed by atoms with E-state index in [0.717, 1.165) is 11.8 Å². The van der Waals surface area contributed by atoms with Gasteiger partial charge >= 0.3 is 0 Å². The Morgan fingerprint density at radius 3 is 2.50 bits per heavy atom. The number of rotatable bonds is 5. The number of carbonyl (C=O) groups excluding carboxylic acids is 1. The van der Waals surface area contributed by atoms with E-state index in [1.807, 2.05) is 0 Å². The van der Waals surface area contributed by atoms with E-state index >= 15 is 0 Å². The highest BCUT2D eigenvalue weighted by atomic mass is 32.2. The SMILES string of the molecule is Cc1cc(=O)[nH]c(S[C@@H](C)C(=O)Nc2ccc(S(N)(=O)=O)cc2)n1. The van der Waals surface area contributed by atoms with Crippen molar-refractivity contribution in [3.05, 3.63) is 46.4 Å². The van der Waals surface area contributed by atoms with Gasteiger partial charge < -0.3 is 10.3 Å². The maximum absolute atomic E-state index is 12.2. The Kier molecular flexibility index (Phi) is 5.42. The molecule has 4 N–H and O–H groups in total. The van der Waals surface area contributed by atoms with Crippen LogP contribution in [0, 0.1) is 6.92 Å². The van der Waals surface area contributed by atoms with Crippen LogP contribution in [0.3, 0.4) is 0 Å². The van der Waals surface area contributed by atoms with Crippen LogP contribution in [0.15, 0.2) is 45.2 Å². The zero-order valence-electron chi connectivity index (χ0n) is 12.9. The Hall–Kier alpha value is -2.17. The summed E-state index contributed by atoms with van der Waals surface area (Å²) in [5.41, 5.74) is 0.717. The number of carbonyl (C=O) groups is 1. The highest BCUT2D eigenvalue weighted by Crippen LogP contribution is 2.20. The molecule has 1 aromatic heterocycles. The standard InChI is InChI=1S/C14H16N4O4S2/c1-8-7-12(19)18-14(16-8)23-9(2)13(20)17-10-3-5-11(6-4-10)24(15,21)22/h3-7,9H,1-2H3,(H,17,20)(H2,15,21,22)(H,16,18,19)/t9-/m0/s1. The van der Waals surface area contributed by atoms with E-state index in [0.29, 0.717) is 16.5 Å². The Balaban J connectivity index is 2.04. The van der Waals surface area contributed by atoms with Gasteiger partial charge in [0.2, 0.25) is 15.9 Å². The van der Waals surface area contributed by atoms with E-state index in [-0.39, 0.29) is 16.4 Å². The van der Waals surface area contributed by atoms with E-state index in [1.54, 1.807) is 13.8 Å². The van der Waals surface area contributed by atoms with Crippen molar-refractivity contribution in [2.24, 2.45) is 5.14 Å². The normalized spacial score (nSPS) is 12.6. The van der Waals surface area contributed by atoms with Crippen molar-refractivity contribution in [3.8, 4) is 0 Å². The van der Waals surface area contributed by atoms with Crippen LogP contribution < -0.4 is 16.0 Å². The third-order valence-corrected chi connectivity index (χ3v) is 4.87. The third kappa shape index (κ3) is 4.91. The molecular formula is C14H16N4O4S2. The number of hydrogen-bond acceptors (Lipinski definition) is 6. The number of hydrogen-bond donors (Lipinski definition) is 3. The maximum atomic E-state index is 12.2. The summed E-state index contributed by atoms with van der Waals surface area (Å²) in [6.07, 6.45) is 0. The predicted octanol–water partition coefficient (Wildman–Crippen LogP) is 0.845. The highest BCUT2D eigenvalue weighted by molar-refractivity contribution is 8.00. The van der Waals surface area contributed by atoms with Crippen LogP contribution in [0.4, 0.5) is 5.69 Å². The summed E-state index contributed by atoms with van der Waals surface area (Å²) in [5, 5.41) is 7.50. The minimum Gasteiger partial charge on any atom is -0.325 e. The molecule has 0 aliphatic carbocycles. The van der Waals surface area contributed by atoms with Crippen molar-refractivity contribution in [2.75, 3.05) is 5.32 Å². The second-order valence-corrected chi connectivity index (χ2v) is 7.90. The molecular weight excluding hydrogens is 352 g/mol. The lowest BCUT2D eigenvalue weighted by molar-refractivity contribution is -0.115. The molecule has 1 atom stereocenters. The molecule has 0 unspecified atom stereocenters. The average molecular weight is 368 g/mol. The second-order valence-electron chi connectivity index (χ2n) is 5.01. The zero-order chi connectivity index (χ0) is 17.9.